The summed E-state index contributed by atoms with van der Waals surface area (Å²) in [5, 5.41) is 14.7. The second-order valence-corrected chi connectivity index (χ2v) is 7.19. The maximum Gasteiger partial charge on any atom is 0.359 e. The van der Waals surface area contributed by atoms with Crippen LogP contribution in [0.1, 0.15) is 10.5 Å². The minimum atomic E-state index is -0.602. The SMILES string of the molecule is O=C(OCCSc1ccc(Cl)cc1)c1nn(CCO)c(=O)c2ccccc12. The molecule has 0 spiro atoms. The molecule has 1 N–H and O–H groups in total. The maximum atomic E-state index is 12.5. The van der Waals surface area contributed by atoms with Crippen molar-refractivity contribution in [2.45, 2.75) is 11.4 Å². The van der Waals surface area contributed by atoms with Crippen LogP contribution in [0.25, 0.3) is 10.8 Å². The Morgan fingerprint density at radius 3 is 2.56 bits per heavy atom. The molecule has 1 aromatic heterocycles. The molecule has 140 valence electrons. The van der Waals surface area contributed by atoms with Gasteiger partial charge in [-0.15, -0.1) is 11.8 Å². The first-order chi connectivity index (χ1) is 13.1. The molecule has 27 heavy (non-hydrogen) atoms. The molecule has 1 heterocycles. The Morgan fingerprint density at radius 1 is 1.15 bits per heavy atom. The predicted octanol–water partition coefficient (Wildman–Crippen LogP) is 2.99. The van der Waals surface area contributed by atoms with Crippen LogP contribution >= 0.6 is 23.4 Å². The number of thioether (sulfide) groups is 1. The van der Waals surface area contributed by atoms with Crippen LogP contribution in [0.4, 0.5) is 0 Å². The minimum Gasteiger partial charge on any atom is -0.460 e. The second-order valence-electron chi connectivity index (χ2n) is 5.58. The molecule has 2 aromatic carbocycles. The van der Waals surface area contributed by atoms with Gasteiger partial charge in [-0.3, -0.25) is 4.79 Å². The first kappa shape index (κ1) is 19.4. The van der Waals surface area contributed by atoms with Crippen molar-refractivity contribution in [3.63, 3.8) is 0 Å². The van der Waals surface area contributed by atoms with Crippen molar-refractivity contribution in [3.05, 3.63) is 69.6 Å². The zero-order chi connectivity index (χ0) is 19.2. The van der Waals surface area contributed by atoms with Crippen molar-refractivity contribution in [1.82, 2.24) is 9.78 Å². The molecule has 3 rings (SSSR count). The molecule has 0 aliphatic heterocycles. The molecule has 0 amide bonds. The Bertz CT molecular complexity index is 1000. The summed E-state index contributed by atoms with van der Waals surface area (Å²) in [6, 6.07) is 14.1. The van der Waals surface area contributed by atoms with Crippen LogP contribution in [0.15, 0.2) is 58.2 Å². The average molecular weight is 405 g/mol. The molecular formula is C19H17ClN2O4S. The fourth-order valence-corrected chi connectivity index (χ4v) is 3.38. The Kier molecular flexibility index (Phi) is 6.49. The van der Waals surface area contributed by atoms with E-state index in [1.165, 1.54) is 11.8 Å². The van der Waals surface area contributed by atoms with Crippen molar-refractivity contribution >= 4 is 40.1 Å². The van der Waals surface area contributed by atoms with E-state index in [0.29, 0.717) is 21.5 Å². The largest absolute Gasteiger partial charge is 0.460 e. The van der Waals surface area contributed by atoms with Crippen molar-refractivity contribution in [2.75, 3.05) is 19.0 Å². The van der Waals surface area contributed by atoms with Gasteiger partial charge in [-0.2, -0.15) is 5.10 Å². The van der Waals surface area contributed by atoms with Gasteiger partial charge in [0.25, 0.3) is 5.56 Å². The molecule has 3 aromatic rings. The van der Waals surface area contributed by atoms with Gasteiger partial charge in [-0.05, 0) is 30.3 Å². The lowest BCUT2D eigenvalue weighted by atomic mass is 10.1. The number of ether oxygens (including phenoxy) is 1. The van der Waals surface area contributed by atoms with Gasteiger partial charge in [0.05, 0.1) is 18.5 Å². The van der Waals surface area contributed by atoms with E-state index in [-0.39, 0.29) is 31.0 Å². The van der Waals surface area contributed by atoms with E-state index in [0.717, 1.165) is 9.58 Å². The topological polar surface area (TPSA) is 81.4 Å². The summed E-state index contributed by atoms with van der Waals surface area (Å²) in [5.74, 6) is -0.0312. The average Bonchev–Trinajstić information content (AvgIpc) is 2.69. The van der Waals surface area contributed by atoms with E-state index in [1.54, 1.807) is 36.4 Å². The number of hydrogen-bond donors (Lipinski definition) is 1. The van der Waals surface area contributed by atoms with Gasteiger partial charge >= 0.3 is 5.97 Å². The second kappa shape index (κ2) is 9.03. The highest BCUT2D eigenvalue weighted by Gasteiger charge is 2.17. The molecule has 0 saturated heterocycles. The monoisotopic (exact) mass is 404 g/mol. The van der Waals surface area contributed by atoms with Crippen LogP contribution in [0.3, 0.4) is 0 Å². The standard InChI is InChI=1S/C19H17ClN2O4S/c20-13-5-7-14(8-6-13)27-12-11-26-19(25)17-15-3-1-2-4-16(15)18(24)22(21-17)9-10-23/h1-8,23H,9-12H2. The van der Waals surface area contributed by atoms with Gasteiger partial charge in [0.1, 0.15) is 6.61 Å². The molecule has 6 nitrogen and oxygen atoms in total. The number of aliphatic hydroxyl groups excluding tert-OH is 1. The van der Waals surface area contributed by atoms with Crippen molar-refractivity contribution < 1.29 is 14.6 Å². The van der Waals surface area contributed by atoms with Crippen LogP contribution in [0.2, 0.25) is 5.02 Å². The zero-order valence-corrected chi connectivity index (χ0v) is 15.9. The minimum absolute atomic E-state index is 0.0103. The molecule has 0 radical (unpaired) electrons. The zero-order valence-electron chi connectivity index (χ0n) is 14.3. The molecule has 0 unspecified atom stereocenters. The summed E-state index contributed by atoms with van der Waals surface area (Å²) in [6.07, 6.45) is 0. The molecule has 0 fully saturated rings. The predicted molar refractivity (Wildman–Crippen MR) is 106 cm³/mol. The van der Waals surface area contributed by atoms with Gasteiger partial charge in [0.2, 0.25) is 0 Å². The smallest absolute Gasteiger partial charge is 0.359 e. The normalized spacial score (nSPS) is 10.9. The van der Waals surface area contributed by atoms with Crippen molar-refractivity contribution in [3.8, 4) is 0 Å². The Morgan fingerprint density at radius 2 is 1.85 bits per heavy atom. The van der Waals surface area contributed by atoms with Crippen molar-refractivity contribution in [1.29, 1.82) is 0 Å². The Hall–Kier alpha value is -2.35. The fraction of sp³-hybridized carbons (Fsp3) is 0.211. The summed E-state index contributed by atoms with van der Waals surface area (Å²) in [7, 11) is 0. The first-order valence-electron chi connectivity index (χ1n) is 8.26. The number of halogens is 1. The van der Waals surface area contributed by atoms with Crippen LogP contribution in [-0.2, 0) is 11.3 Å². The van der Waals surface area contributed by atoms with E-state index < -0.39 is 5.97 Å². The van der Waals surface area contributed by atoms with Gasteiger partial charge in [0, 0.05) is 21.1 Å². The molecule has 0 atom stereocenters. The van der Waals surface area contributed by atoms with E-state index >= 15 is 0 Å². The highest BCUT2D eigenvalue weighted by atomic mass is 35.5. The highest BCUT2D eigenvalue weighted by molar-refractivity contribution is 7.99. The number of hydrogen-bond acceptors (Lipinski definition) is 6. The molecule has 0 bridgehead atoms. The summed E-state index contributed by atoms with van der Waals surface area (Å²) >= 11 is 7.39. The quantitative estimate of drug-likeness (QED) is 0.370. The van der Waals surface area contributed by atoms with Gasteiger partial charge < -0.3 is 9.84 Å². The number of aromatic nitrogens is 2. The molecule has 0 aliphatic rings. The summed E-state index contributed by atoms with van der Waals surface area (Å²) < 4.78 is 6.41. The lowest BCUT2D eigenvalue weighted by molar-refractivity contribution is 0.0522. The van der Waals surface area contributed by atoms with Gasteiger partial charge in [-0.25, -0.2) is 9.48 Å². The number of carbonyl (C=O) groups is 1. The fourth-order valence-electron chi connectivity index (χ4n) is 2.53. The van der Waals surface area contributed by atoms with Crippen LogP contribution in [-0.4, -0.2) is 39.8 Å². The number of aliphatic hydroxyl groups is 1. The van der Waals surface area contributed by atoms with Gasteiger partial charge in [-0.1, -0.05) is 29.8 Å². The van der Waals surface area contributed by atoms with Crippen LogP contribution in [0.5, 0.6) is 0 Å². The number of nitrogens with zero attached hydrogens (tertiary/aromatic N) is 2. The number of fused-ring (bicyclic) bond motifs is 1. The number of rotatable bonds is 7. The van der Waals surface area contributed by atoms with E-state index in [9.17, 15) is 9.59 Å². The first-order valence-corrected chi connectivity index (χ1v) is 9.62. The highest BCUT2D eigenvalue weighted by Crippen LogP contribution is 2.20. The third-order valence-electron chi connectivity index (χ3n) is 3.77. The third-order valence-corrected chi connectivity index (χ3v) is 5.00. The maximum absolute atomic E-state index is 12.5. The van der Waals surface area contributed by atoms with E-state index in [2.05, 4.69) is 5.10 Å². The number of carbonyl (C=O) groups excluding carboxylic acids is 1. The van der Waals surface area contributed by atoms with E-state index in [1.807, 2.05) is 12.1 Å². The van der Waals surface area contributed by atoms with E-state index in [4.69, 9.17) is 21.4 Å². The molecular weight excluding hydrogens is 388 g/mol. The molecule has 8 heteroatoms. The molecule has 0 aliphatic carbocycles. The summed E-state index contributed by atoms with van der Waals surface area (Å²) in [4.78, 5) is 25.9. The summed E-state index contributed by atoms with van der Waals surface area (Å²) in [6.45, 7) is -0.0465. The Labute approximate surface area is 164 Å². The van der Waals surface area contributed by atoms with Gasteiger partial charge in [0.15, 0.2) is 5.69 Å². The van der Waals surface area contributed by atoms with Crippen LogP contribution in [0, 0.1) is 0 Å². The third kappa shape index (κ3) is 4.68. The lowest BCUT2D eigenvalue weighted by Crippen LogP contribution is -2.27. The summed E-state index contributed by atoms with van der Waals surface area (Å²) in [5.41, 5.74) is -0.287. The Balaban J connectivity index is 1.72. The van der Waals surface area contributed by atoms with Crippen LogP contribution < -0.4 is 5.56 Å². The molecule has 0 saturated carbocycles. The number of benzene rings is 2. The lowest BCUT2D eigenvalue weighted by Gasteiger charge is -2.10. The number of esters is 1. The van der Waals surface area contributed by atoms with Crippen molar-refractivity contribution in [2.24, 2.45) is 0 Å².